The second kappa shape index (κ2) is 8.03. The minimum absolute atomic E-state index is 0.0121. The second-order valence-corrected chi connectivity index (χ2v) is 6.54. The van der Waals surface area contributed by atoms with Crippen molar-refractivity contribution < 1.29 is 14.0 Å². The number of H-pyrrole nitrogens is 1. The summed E-state index contributed by atoms with van der Waals surface area (Å²) in [5.74, 6) is -1.58. The molecule has 2 aromatic heterocycles. The number of aryl methyl sites for hydroxylation is 1. The van der Waals surface area contributed by atoms with Gasteiger partial charge in [0.05, 0.1) is 10.9 Å². The average Bonchev–Trinajstić information content (AvgIpc) is 3.08. The minimum atomic E-state index is -0.659. The van der Waals surface area contributed by atoms with Crippen LogP contribution in [0, 0.1) is 0 Å². The Kier molecular flexibility index (Phi) is 5.12. The molecule has 2 aromatic carbocycles. The molecule has 0 aliphatic heterocycles. The maximum Gasteiger partial charge on any atom is 0.419 e. The smallest absolute Gasteiger partial charge is 0.408 e. The van der Waals surface area contributed by atoms with Crippen molar-refractivity contribution in [3.05, 3.63) is 75.1 Å². The molecule has 0 unspecified atom stereocenters. The van der Waals surface area contributed by atoms with E-state index in [0.29, 0.717) is 34.8 Å². The molecular weight excluding hydrogens is 390 g/mol. The molecule has 0 saturated carbocycles. The van der Waals surface area contributed by atoms with Crippen LogP contribution in [0.4, 0.5) is 0 Å². The summed E-state index contributed by atoms with van der Waals surface area (Å²) in [4.78, 5) is 48.1. The lowest BCUT2D eigenvalue weighted by molar-refractivity contribution is -0.122. The predicted octanol–water partition coefficient (Wildman–Crippen LogP) is 1.07. The van der Waals surface area contributed by atoms with Crippen LogP contribution in [-0.2, 0) is 11.3 Å². The maximum atomic E-state index is 12.4. The van der Waals surface area contributed by atoms with E-state index in [0.717, 1.165) is 0 Å². The van der Waals surface area contributed by atoms with Gasteiger partial charge in [0.15, 0.2) is 11.3 Å². The summed E-state index contributed by atoms with van der Waals surface area (Å²) in [6, 6.07) is 13.6. The number of benzene rings is 2. The van der Waals surface area contributed by atoms with E-state index < -0.39 is 23.1 Å². The summed E-state index contributed by atoms with van der Waals surface area (Å²) in [5, 5.41) is 6.73. The molecule has 0 aliphatic carbocycles. The Balaban J connectivity index is 1.35. The van der Waals surface area contributed by atoms with Crippen LogP contribution in [-0.4, -0.2) is 26.6 Å². The highest BCUT2D eigenvalue weighted by molar-refractivity contribution is 6.05. The predicted molar refractivity (Wildman–Crippen MR) is 108 cm³/mol. The van der Waals surface area contributed by atoms with E-state index in [2.05, 4.69) is 21.0 Å². The third-order valence-electron chi connectivity index (χ3n) is 4.59. The number of aromatic amines is 1. The first-order valence-corrected chi connectivity index (χ1v) is 9.19. The average molecular weight is 407 g/mol. The lowest BCUT2D eigenvalue weighted by atomic mass is 10.1. The van der Waals surface area contributed by atoms with E-state index in [1.165, 1.54) is 4.57 Å². The van der Waals surface area contributed by atoms with Gasteiger partial charge in [-0.3, -0.25) is 29.8 Å². The van der Waals surface area contributed by atoms with Gasteiger partial charge >= 0.3 is 5.76 Å². The number of oxazole rings is 1. The van der Waals surface area contributed by atoms with Gasteiger partial charge in [0.2, 0.25) is 5.91 Å². The lowest BCUT2D eigenvalue weighted by Crippen LogP contribution is -2.42. The molecule has 0 aliphatic rings. The Labute approximate surface area is 168 Å². The van der Waals surface area contributed by atoms with E-state index >= 15 is 0 Å². The maximum absolute atomic E-state index is 12.4. The minimum Gasteiger partial charge on any atom is -0.408 e. The zero-order valence-electron chi connectivity index (χ0n) is 15.7. The number of amides is 2. The molecule has 152 valence electrons. The number of aromatic nitrogens is 3. The summed E-state index contributed by atoms with van der Waals surface area (Å²) in [7, 11) is 0. The molecule has 0 bridgehead atoms. The summed E-state index contributed by atoms with van der Waals surface area (Å²) in [6.45, 7) is 0.295. The third-order valence-corrected chi connectivity index (χ3v) is 4.59. The number of hydrazine groups is 1. The van der Waals surface area contributed by atoms with Gasteiger partial charge in [-0.25, -0.2) is 9.89 Å². The van der Waals surface area contributed by atoms with E-state index in [-0.39, 0.29) is 12.1 Å². The third kappa shape index (κ3) is 3.70. The van der Waals surface area contributed by atoms with Crippen molar-refractivity contribution in [3.8, 4) is 0 Å². The molecule has 0 atom stereocenters. The van der Waals surface area contributed by atoms with Crippen molar-refractivity contribution >= 4 is 33.7 Å². The monoisotopic (exact) mass is 407 g/mol. The Morgan fingerprint density at radius 1 is 1.00 bits per heavy atom. The summed E-state index contributed by atoms with van der Waals surface area (Å²) < 4.78 is 6.60. The fourth-order valence-corrected chi connectivity index (χ4v) is 3.16. The van der Waals surface area contributed by atoms with Crippen LogP contribution in [0.2, 0.25) is 0 Å². The highest BCUT2D eigenvalue weighted by Gasteiger charge is 2.15. The Morgan fingerprint density at radius 3 is 2.57 bits per heavy atom. The number of nitrogens with one attached hydrogen (secondary N) is 3. The zero-order chi connectivity index (χ0) is 21.1. The molecule has 10 nitrogen and oxygen atoms in total. The molecule has 3 N–H and O–H groups in total. The molecular formula is C20H17N5O5. The van der Waals surface area contributed by atoms with E-state index in [1.54, 1.807) is 48.5 Å². The number of fused-ring (bicyclic) bond motifs is 2. The largest absolute Gasteiger partial charge is 0.419 e. The second-order valence-electron chi connectivity index (χ2n) is 6.54. The quantitative estimate of drug-likeness (QED) is 0.423. The normalized spacial score (nSPS) is 10.9. The van der Waals surface area contributed by atoms with Crippen LogP contribution in [0.5, 0.6) is 0 Å². The van der Waals surface area contributed by atoms with Crippen molar-refractivity contribution in [2.75, 3.05) is 0 Å². The van der Waals surface area contributed by atoms with Crippen LogP contribution in [0.15, 0.2) is 62.5 Å². The van der Waals surface area contributed by atoms with Crippen LogP contribution in [0.3, 0.4) is 0 Å². The Hall–Kier alpha value is -4.21. The Bertz CT molecular complexity index is 1370. The molecule has 4 aromatic rings. The van der Waals surface area contributed by atoms with Gasteiger partial charge in [0.1, 0.15) is 0 Å². The standard InChI is InChI=1S/C20H17N5O5/c26-16(10-5-11-25-14-8-3-4-9-15(14)30-20(25)29)21-24-19(28)17-12-6-1-2-7-13(12)18(27)23-22-17/h1-4,6-9H,5,10-11H2,(H,21,26)(H,23,27)(H,24,28). The van der Waals surface area contributed by atoms with Gasteiger partial charge in [0, 0.05) is 18.4 Å². The highest BCUT2D eigenvalue weighted by atomic mass is 16.4. The summed E-state index contributed by atoms with van der Waals surface area (Å²) in [6.07, 6.45) is 0.441. The van der Waals surface area contributed by atoms with Crippen molar-refractivity contribution in [2.24, 2.45) is 0 Å². The number of hydrogen-bond acceptors (Lipinski definition) is 6. The number of para-hydroxylation sites is 2. The van der Waals surface area contributed by atoms with Crippen molar-refractivity contribution in [2.45, 2.75) is 19.4 Å². The number of nitrogens with zero attached hydrogens (tertiary/aromatic N) is 2. The molecule has 0 radical (unpaired) electrons. The topological polar surface area (TPSA) is 139 Å². The van der Waals surface area contributed by atoms with Crippen molar-refractivity contribution in [3.63, 3.8) is 0 Å². The van der Waals surface area contributed by atoms with Gasteiger partial charge in [-0.05, 0) is 24.6 Å². The van der Waals surface area contributed by atoms with E-state index in [4.69, 9.17) is 4.42 Å². The SMILES string of the molecule is O=C(CCCn1c(=O)oc2ccccc21)NNC(=O)c1n[nH]c(=O)c2ccccc12. The Morgan fingerprint density at radius 2 is 1.73 bits per heavy atom. The summed E-state index contributed by atoms with van der Waals surface area (Å²) in [5.41, 5.74) is 5.32. The molecule has 2 amide bonds. The molecule has 30 heavy (non-hydrogen) atoms. The van der Waals surface area contributed by atoms with Crippen LogP contribution in [0.25, 0.3) is 21.9 Å². The number of rotatable bonds is 5. The van der Waals surface area contributed by atoms with Gasteiger partial charge in [-0.1, -0.05) is 30.3 Å². The van der Waals surface area contributed by atoms with Crippen molar-refractivity contribution in [1.82, 2.24) is 25.6 Å². The van der Waals surface area contributed by atoms with Crippen LogP contribution >= 0.6 is 0 Å². The fraction of sp³-hybridized carbons (Fsp3) is 0.150. The van der Waals surface area contributed by atoms with Crippen LogP contribution < -0.4 is 22.2 Å². The van der Waals surface area contributed by atoms with E-state index in [9.17, 15) is 19.2 Å². The van der Waals surface area contributed by atoms with Gasteiger partial charge < -0.3 is 4.42 Å². The van der Waals surface area contributed by atoms with Gasteiger partial charge in [-0.15, -0.1) is 0 Å². The highest BCUT2D eigenvalue weighted by Crippen LogP contribution is 2.13. The number of carbonyl (C=O) groups excluding carboxylic acids is 2. The first-order chi connectivity index (χ1) is 14.5. The first-order valence-electron chi connectivity index (χ1n) is 9.19. The van der Waals surface area contributed by atoms with Crippen molar-refractivity contribution in [1.29, 1.82) is 0 Å². The van der Waals surface area contributed by atoms with Gasteiger partial charge in [0.25, 0.3) is 11.5 Å². The fourth-order valence-electron chi connectivity index (χ4n) is 3.16. The van der Waals surface area contributed by atoms with E-state index in [1.807, 2.05) is 0 Å². The van der Waals surface area contributed by atoms with Gasteiger partial charge in [-0.2, -0.15) is 5.10 Å². The molecule has 2 heterocycles. The number of carbonyl (C=O) groups is 2. The molecule has 0 saturated heterocycles. The summed E-state index contributed by atoms with van der Waals surface area (Å²) >= 11 is 0. The van der Waals surface area contributed by atoms with Crippen LogP contribution in [0.1, 0.15) is 23.3 Å². The number of hydrogen-bond donors (Lipinski definition) is 3. The molecule has 0 spiro atoms. The first kappa shape index (κ1) is 19.1. The molecule has 4 rings (SSSR count). The zero-order valence-corrected chi connectivity index (χ0v) is 15.7. The lowest BCUT2D eigenvalue weighted by Gasteiger charge is -2.08. The molecule has 0 fully saturated rings. The molecule has 10 heteroatoms.